The summed E-state index contributed by atoms with van der Waals surface area (Å²) in [7, 11) is 1.66. The average molecular weight is 295 g/mol. The van der Waals surface area contributed by atoms with Gasteiger partial charge in [-0.2, -0.15) is 0 Å². The van der Waals surface area contributed by atoms with Crippen molar-refractivity contribution >= 4 is 23.2 Å². The van der Waals surface area contributed by atoms with E-state index in [1.165, 1.54) is 5.56 Å². The van der Waals surface area contributed by atoms with Crippen molar-refractivity contribution in [2.75, 3.05) is 7.11 Å². The van der Waals surface area contributed by atoms with Gasteiger partial charge in [-0.05, 0) is 37.1 Å². The fourth-order valence-electron chi connectivity index (χ4n) is 2.08. The van der Waals surface area contributed by atoms with Gasteiger partial charge in [-0.3, -0.25) is 0 Å². The molecule has 0 fully saturated rings. The van der Waals surface area contributed by atoms with Crippen LogP contribution in [-0.4, -0.2) is 7.11 Å². The van der Waals surface area contributed by atoms with Crippen LogP contribution in [-0.2, 0) is 6.42 Å². The molecular formula is C16H16Cl2O. The molecule has 0 saturated carbocycles. The first-order chi connectivity index (χ1) is 9.10. The van der Waals surface area contributed by atoms with Gasteiger partial charge in [0.25, 0.3) is 0 Å². The van der Waals surface area contributed by atoms with Gasteiger partial charge in [-0.15, -0.1) is 11.6 Å². The highest BCUT2D eigenvalue weighted by atomic mass is 35.5. The first-order valence-electron chi connectivity index (χ1n) is 6.13. The van der Waals surface area contributed by atoms with E-state index in [0.29, 0.717) is 0 Å². The van der Waals surface area contributed by atoms with Crippen LogP contribution in [0, 0.1) is 6.92 Å². The van der Waals surface area contributed by atoms with Crippen LogP contribution in [0.25, 0.3) is 0 Å². The summed E-state index contributed by atoms with van der Waals surface area (Å²) in [5, 5.41) is 0.603. The fraction of sp³-hybridized carbons (Fsp3) is 0.250. The van der Waals surface area contributed by atoms with Crippen LogP contribution in [0.3, 0.4) is 0 Å². The topological polar surface area (TPSA) is 9.23 Å². The van der Waals surface area contributed by atoms with Gasteiger partial charge < -0.3 is 4.74 Å². The minimum Gasteiger partial charge on any atom is -0.496 e. The smallest absolute Gasteiger partial charge is 0.123 e. The second kappa shape index (κ2) is 6.31. The Morgan fingerprint density at radius 2 is 1.95 bits per heavy atom. The van der Waals surface area contributed by atoms with Crippen LogP contribution in [0.15, 0.2) is 42.5 Å². The zero-order valence-electron chi connectivity index (χ0n) is 11.0. The van der Waals surface area contributed by atoms with Gasteiger partial charge in [0.1, 0.15) is 5.75 Å². The number of rotatable bonds is 4. The summed E-state index contributed by atoms with van der Waals surface area (Å²) in [6.07, 6.45) is 0.724. The van der Waals surface area contributed by atoms with Crippen molar-refractivity contribution in [1.82, 2.24) is 0 Å². The van der Waals surface area contributed by atoms with Crippen LogP contribution < -0.4 is 4.74 Å². The molecule has 0 saturated heterocycles. The molecule has 0 spiro atoms. The summed E-state index contributed by atoms with van der Waals surface area (Å²) in [5.74, 6) is 0.827. The number of hydrogen-bond acceptors (Lipinski definition) is 1. The van der Waals surface area contributed by atoms with Gasteiger partial charge in [-0.25, -0.2) is 0 Å². The average Bonchev–Trinajstić information content (AvgIpc) is 2.38. The third kappa shape index (κ3) is 3.65. The summed E-state index contributed by atoms with van der Waals surface area (Å²) in [4.78, 5) is 0. The van der Waals surface area contributed by atoms with E-state index in [4.69, 9.17) is 27.9 Å². The summed E-state index contributed by atoms with van der Waals surface area (Å²) in [6, 6.07) is 13.8. The van der Waals surface area contributed by atoms with Gasteiger partial charge in [0.05, 0.1) is 12.5 Å². The lowest BCUT2D eigenvalue weighted by atomic mass is 10.0. The molecule has 0 N–H and O–H groups in total. The van der Waals surface area contributed by atoms with E-state index in [2.05, 4.69) is 6.07 Å². The van der Waals surface area contributed by atoms with Crippen molar-refractivity contribution in [3.63, 3.8) is 0 Å². The molecule has 2 aromatic rings. The zero-order valence-corrected chi connectivity index (χ0v) is 12.5. The van der Waals surface area contributed by atoms with Crippen LogP contribution in [0.5, 0.6) is 5.75 Å². The number of hydrogen-bond donors (Lipinski definition) is 0. The molecule has 0 aliphatic heterocycles. The Bertz CT molecular complexity index is 566. The molecule has 0 aliphatic carbocycles. The van der Waals surface area contributed by atoms with Crippen LogP contribution in [0.2, 0.25) is 5.02 Å². The van der Waals surface area contributed by atoms with Crippen LogP contribution >= 0.6 is 23.2 Å². The van der Waals surface area contributed by atoms with Crippen molar-refractivity contribution in [3.05, 3.63) is 64.2 Å². The third-order valence-corrected chi connectivity index (χ3v) is 3.65. The van der Waals surface area contributed by atoms with E-state index in [1.54, 1.807) is 7.11 Å². The van der Waals surface area contributed by atoms with Crippen LogP contribution in [0.1, 0.15) is 22.1 Å². The van der Waals surface area contributed by atoms with Crippen molar-refractivity contribution in [3.8, 4) is 5.75 Å². The van der Waals surface area contributed by atoms with Gasteiger partial charge in [0.15, 0.2) is 0 Å². The Morgan fingerprint density at radius 3 is 2.63 bits per heavy atom. The monoisotopic (exact) mass is 294 g/mol. The molecule has 1 nitrogen and oxygen atoms in total. The number of methoxy groups -OCH3 is 1. The first kappa shape index (κ1) is 14.2. The summed E-state index contributed by atoms with van der Waals surface area (Å²) < 4.78 is 5.37. The molecule has 19 heavy (non-hydrogen) atoms. The molecule has 100 valence electrons. The van der Waals surface area contributed by atoms with Gasteiger partial charge in [-0.1, -0.05) is 41.4 Å². The molecule has 0 radical (unpaired) electrons. The second-order valence-corrected chi connectivity index (χ2v) is 5.51. The zero-order chi connectivity index (χ0) is 13.8. The van der Waals surface area contributed by atoms with Gasteiger partial charge >= 0.3 is 0 Å². The summed E-state index contributed by atoms with van der Waals surface area (Å²) in [6.45, 7) is 2.05. The maximum Gasteiger partial charge on any atom is 0.123 e. The molecule has 0 bridgehead atoms. The van der Waals surface area contributed by atoms with Crippen molar-refractivity contribution in [2.24, 2.45) is 0 Å². The normalized spacial score (nSPS) is 12.2. The van der Waals surface area contributed by atoms with E-state index in [-0.39, 0.29) is 5.38 Å². The Kier molecular flexibility index (Phi) is 4.73. The molecule has 0 aromatic heterocycles. The minimum absolute atomic E-state index is 0.131. The number of aryl methyl sites for hydroxylation is 1. The molecule has 1 atom stereocenters. The Hall–Kier alpha value is -1.18. The second-order valence-electron chi connectivity index (χ2n) is 4.55. The van der Waals surface area contributed by atoms with Crippen molar-refractivity contribution < 1.29 is 4.74 Å². The van der Waals surface area contributed by atoms with Crippen LogP contribution in [0.4, 0.5) is 0 Å². The Morgan fingerprint density at radius 1 is 1.16 bits per heavy atom. The highest BCUT2D eigenvalue weighted by molar-refractivity contribution is 6.30. The SMILES string of the molecule is COc1ccc(C)cc1C(Cl)Cc1cccc(Cl)c1. The predicted molar refractivity (Wildman–Crippen MR) is 81.5 cm³/mol. The predicted octanol–water partition coefficient (Wildman–Crippen LogP) is 5.18. The summed E-state index contributed by atoms with van der Waals surface area (Å²) >= 11 is 12.5. The van der Waals surface area contributed by atoms with Gasteiger partial charge in [0.2, 0.25) is 0 Å². The molecule has 1 unspecified atom stereocenters. The Labute approximate surface area is 124 Å². The standard InChI is InChI=1S/C16H16Cl2O/c1-11-6-7-16(19-2)14(8-11)15(18)10-12-4-3-5-13(17)9-12/h3-9,15H,10H2,1-2H3. The largest absolute Gasteiger partial charge is 0.496 e. The third-order valence-electron chi connectivity index (χ3n) is 3.03. The molecule has 2 rings (SSSR count). The maximum atomic E-state index is 6.53. The van der Waals surface area contributed by atoms with Crippen molar-refractivity contribution in [2.45, 2.75) is 18.7 Å². The van der Waals surface area contributed by atoms with E-state index < -0.39 is 0 Å². The molecule has 3 heteroatoms. The molecule has 2 aromatic carbocycles. The lowest BCUT2D eigenvalue weighted by Gasteiger charge is -2.15. The lowest BCUT2D eigenvalue weighted by Crippen LogP contribution is -2.00. The molecular weight excluding hydrogens is 279 g/mol. The minimum atomic E-state index is -0.131. The quantitative estimate of drug-likeness (QED) is 0.706. The highest BCUT2D eigenvalue weighted by Crippen LogP contribution is 2.33. The Balaban J connectivity index is 2.24. The fourth-order valence-corrected chi connectivity index (χ4v) is 2.64. The van der Waals surface area contributed by atoms with E-state index >= 15 is 0 Å². The number of alkyl halides is 1. The maximum absolute atomic E-state index is 6.53. The van der Waals surface area contributed by atoms with E-state index in [0.717, 1.165) is 28.3 Å². The van der Waals surface area contributed by atoms with E-state index in [1.807, 2.05) is 43.3 Å². The van der Waals surface area contributed by atoms with Crippen molar-refractivity contribution in [1.29, 1.82) is 0 Å². The number of ether oxygens (including phenoxy) is 1. The number of benzene rings is 2. The van der Waals surface area contributed by atoms with Gasteiger partial charge in [0, 0.05) is 10.6 Å². The molecule has 0 amide bonds. The molecule has 0 aliphatic rings. The highest BCUT2D eigenvalue weighted by Gasteiger charge is 2.14. The first-order valence-corrected chi connectivity index (χ1v) is 6.94. The lowest BCUT2D eigenvalue weighted by molar-refractivity contribution is 0.409. The summed E-state index contributed by atoms with van der Waals surface area (Å²) in [5.41, 5.74) is 3.31. The van der Waals surface area contributed by atoms with E-state index in [9.17, 15) is 0 Å². The number of halogens is 2. The molecule has 0 heterocycles.